The Morgan fingerprint density at radius 2 is 2.46 bits per heavy atom. The molecule has 1 aliphatic heterocycles. The molecular formula is C7H12N2O3S. The monoisotopic (exact) mass is 204 g/mol. The summed E-state index contributed by atoms with van der Waals surface area (Å²) in [6, 6.07) is -0.549. The zero-order valence-corrected chi connectivity index (χ0v) is 7.92. The van der Waals surface area contributed by atoms with E-state index in [0.29, 0.717) is 12.3 Å². The van der Waals surface area contributed by atoms with E-state index < -0.39 is 12.0 Å². The Morgan fingerprint density at radius 3 is 3.08 bits per heavy atom. The van der Waals surface area contributed by atoms with Crippen LogP contribution in [-0.2, 0) is 9.59 Å². The highest BCUT2D eigenvalue weighted by Crippen LogP contribution is 2.10. The van der Waals surface area contributed by atoms with Crippen LogP contribution in [0.1, 0.15) is 0 Å². The van der Waals surface area contributed by atoms with Crippen LogP contribution in [0.4, 0.5) is 0 Å². The number of nitrogens with two attached hydrogens (primary N) is 1. The predicted molar refractivity (Wildman–Crippen MR) is 49.5 cm³/mol. The molecule has 3 N–H and O–H groups in total. The van der Waals surface area contributed by atoms with Crippen molar-refractivity contribution in [3.8, 4) is 0 Å². The van der Waals surface area contributed by atoms with Gasteiger partial charge < -0.3 is 15.7 Å². The van der Waals surface area contributed by atoms with Gasteiger partial charge in [0.1, 0.15) is 6.54 Å². The summed E-state index contributed by atoms with van der Waals surface area (Å²) in [5.41, 5.74) is 5.54. The summed E-state index contributed by atoms with van der Waals surface area (Å²) in [6.07, 6.45) is 0. The smallest absolute Gasteiger partial charge is 0.323 e. The summed E-state index contributed by atoms with van der Waals surface area (Å²) in [7, 11) is 0. The number of carboxylic acids is 1. The number of thioether (sulfide) groups is 1. The molecular weight excluding hydrogens is 192 g/mol. The molecule has 1 unspecified atom stereocenters. The molecule has 0 aromatic heterocycles. The van der Waals surface area contributed by atoms with Crippen LogP contribution in [0, 0.1) is 0 Å². The van der Waals surface area contributed by atoms with Gasteiger partial charge in [0.2, 0.25) is 5.91 Å². The number of aliphatic carboxylic acids is 1. The van der Waals surface area contributed by atoms with Crippen molar-refractivity contribution < 1.29 is 14.7 Å². The zero-order chi connectivity index (χ0) is 9.84. The average molecular weight is 204 g/mol. The van der Waals surface area contributed by atoms with Crippen LogP contribution < -0.4 is 5.73 Å². The molecule has 0 aliphatic carbocycles. The minimum absolute atomic E-state index is 0.243. The number of carbonyl (C=O) groups is 2. The van der Waals surface area contributed by atoms with E-state index in [-0.39, 0.29) is 12.5 Å². The maximum absolute atomic E-state index is 11.4. The van der Waals surface area contributed by atoms with Gasteiger partial charge in [-0.3, -0.25) is 9.59 Å². The van der Waals surface area contributed by atoms with Gasteiger partial charge in [0.25, 0.3) is 0 Å². The van der Waals surface area contributed by atoms with E-state index >= 15 is 0 Å². The molecule has 6 heteroatoms. The number of hydrogen-bond acceptors (Lipinski definition) is 4. The molecule has 0 radical (unpaired) electrons. The maximum Gasteiger partial charge on any atom is 0.323 e. The first kappa shape index (κ1) is 10.3. The lowest BCUT2D eigenvalue weighted by Gasteiger charge is -2.19. The van der Waals surface area contributed by atoms with Crippen molar-refractivity contribution in [2.45, 2.75) is 6.04 Å². The van der Waals surface area contributed by atoms with Crippen molar-refractivity contribution in [2.75, 3.05) is 24.6 Å². The van der Waals surface area contributed by atoms with Gasteiger partial charge in [-0.05, 0) is 0 Å². The van der Waals surface area contributed by atoms with Gasteiger partial charge in [-0.25, -0.2) is 0 Å². The fourth-order valence-electron chi connectivity index (χ4n) is 1.12. The van der Waals surface area contributed by atoms with E-state index in [1.807, 2.05) is 0 Å². The Labute approximate surface area is 80.3 Å². The van der Waals surface area contributed by atoms with Crippen LogP contribution in [-0.4, -0.2) is 52.5 Å². The average Bonchev–Trinajstić information content (AvgIpc) is 2.19. The largest absolute Gasteiger partial charge is 0.480 e. The lowest BCUT2D eigenvalue weighted by molar-refractivity contribution is -0.144. The molecule has 1 rings (SSSR count). The molecule has 1 heterocycles. The lowest BCUT2D eigenvalue weighted by atomic mass is 10.3. The Balaban J connectivity index is 2.59. The van der Waals surface area contributed by atoms with E-state index in [1.165, 1.54) is 4.90 Å². The molecule has 1 saturated heterocycles. The maximum atomic E-state index is 11.4. The second kappa shape index (κ2) is 4.48. The van der Waals surface area contributed by atoms with Gasteiger partial charge in [0, 0.05) is 18.1 Å². The summed E-state index contributed by atoms with van der Waals surface area (Å²) in [5, 5.41) is 8.52. The zero-order valence-electron chi connectivity index (χ0n) is 7.10. The molecule has 0 saturated carbocycles. The van der Waals surface area contributed by atoms with Crippen molar-refractivity contribution in [1.82, 2.24) is 4.90 Å². The molecule has 0 aromatic carbocycles. The molecule has 5 nitrogen and oxygen atoms in total. The molecule has 1 aliphatic rings. The standard InChI is InChI=1S/C7H12N2O3S/c8-5-4-13-2-1-9(7(5)12)3-6(10)11/h5H,1-4,8H2,(H,10,11). The Morgan fingerprint density at radius 1 is 1.77 bits per heavy atom. The minimum Gasteiger partial charge on any atom is -0.480 e. The summed E-state index contributed by atoms with van der Waals surface area (Å²) in [4.78, 5) is 23.1. The quantitative estimate of drug-likeness (QED) is 0.601. The number of carboxylic acid groups (broad SMARTS) is 1. The normalized spacial score (nSPS) is 24.2. The highest BCUT2D eigenvalue weighted by molar-refractivity contribution is 7.99. The minimum atomic E-state index is -0.993. The summed E-state index contributed by atoms with van der Waals surface area (Å²) in [6.45, 7) is 0.233. The van der Waals surface area contributed by atoms with Gasteiger partial charge in [-0.15, -0.1) is 0 Å². The molecule has 74 valence electrons. The van der Waals surface area contributed by atoms with Gasteiger partial charge in [-0.2, -0.15) is 11.8 Å². The Bertz CT molecular complexity index is 222. The molecule has 1 amide bonds. The van der Waals surface area contributed by atoms with Gasteiger partial charge >= 0.3 is 5.97 Å². The predicted octanol–water partition coefficient (Wildman–Crippen LogP) is -1.03. The SMILES string of the molecule is NC1CSCCN(CC(=O)O)C1=O. The first-order valence-corrected chi connectivity index (χ1v) is 5.10. The summed E-state index contributed by atoms with van der Waals surface area (Å²) >= 11 is 1.58. The third-order valence-electron chi connectivity index (χ3n) is 1.76. The van der Waals surface area contributed by atoms with Crippen LogP contribution >= 0.6 is 11.8 Å². The number of nitrogens with zero attached hydrogens (tertiary/aromatic N) is 1. The van der Waals surface area contributed by atoms with Crippen LogP contribution in [0.25, 0.3) is 0 Å². The van der Waals surface area contributed by atoms with Crippen molar-refractivity contribution in [3.63, 3.8) is 0 Å². The third-order valence-corrected chi connectivity index (χ3v) is 2.82. The highest BCUT2D eigenvalue weighted by atomic mass is 32.2. The summed E-state index contributed by atoms with van der Waals surface area (Å²) in [5.74, 6) is 0.0849. The molecule has 0 aromatic rings. The van der Waals surface area contributed by atoms with E-state index in [4.69, 9.17) is 10.8 Å². The third kappa shape index (κ3) is 2.89. The number of rotatable bonds is 2. The highest BCUT2D eigenvalue weighted by Gasteiger charge is 2.25. The second-order valence-electron chi connectivity index (χ2n) is 2.83. The number of amides is 1. The molecule has 1 atom stereocenters. The van der Waals surface area contributed by atoms with Crippen LogP contribution in [0.3, 0.4) is 0 Å². The van der Waals surface area contributed by atoms with E-state index in [1.54, 1.807) is 11.8 Å². The van der Waals surface area contributed by atoms with Gasteiger partial charge in [-0.1, -0.05) is 0 Å². The van der Waals surface area contributed by atoms with Crippen molar-refractivity contribution in [1.29, 1.82) is 0 Å². The Kier molecular flexibility index (Phi) is 3.56. The van der Waals surface area contributed by atoms with Gasteiger partial charge in [0.05, 0.1) is 6.04 Å². The fourth-order valence-corrected chi connectivity index (χ4v) is 2.03. The van der Waals surface area contributed by atoms with Crippen LogP contribution in [0.2, 0.25) is 0 Å². The van der Waals surface area contributed by atoms with Crippen LogP contribution in [0.5, 0.6) is 0 Å². The van der Waals surface area contributed by atoms with E-state index in [2.05, 4.69) is 0 Å². The molecule has 13 heavy (non-hydrogen) atoms. The lowest BCUT2D eigenvalue weighted by Crippen LogP contribution is -2.45. The van der Waals surface area contributed by atoms with E-state index in [0.717, 1.165) is 5.75 Å². The first-order chi connectivity index (χ1) is 6.11. The van der Waals surface area contributed by atoms with Crippen molar-refractivity contribution in [2.24, 2.45) is 5.73 Å². The fraction of sp³-hybridized carbons (Fsp3) is 0.714. The van der Waals surface area contributed by atoms with Crippen molar-refractivity contribution >= 4 is 23.6 Å². The molecule has 0 bridgehead atoms. The van der Waals surface area contributed by atoms with Gasteiger partial charge in [0.15, 0.2) is 0 Å². The Hall–Kier alpha value is -0.750. The summed E-state index contributed by atoms with van der Waals surface area (Å²) < 4.78 is 0. The second-order valence-corrected chi connectivity index (χ2v) is 3.98. The van der Waals surface area contributed by atoms with Crippen LogP contribution in [0.15, 0.2) is 0 Å². The topological polar surface area (TPSA) is 83.6 Å². The molecule has 1 fully saturated rings. The first-order valence-electron chi connectivity index (χ1n) is 3.95. The number of carbonyl (C=O) groups excluding carboxylic acids is 1. The molecule has 0 spiro atoms. The number of hydrogen-bond donors (Lipinski definition) is 2. The van der Waals surface area contributed by atoms with E-state index in [9.17, 15) is 9.59 Å². The van der Waals surface area contributed by atoms with Crippen molar-refractivity contribution in [3.05, 3.63) is 0 Å².